The van der Waals surface area contributed by atoms with Crippen LogP contribution in [0.15, 0.2) is 0 Å². The molecule has 0 spiro atoms. The molecular weight excluding hydrogens is 291 g/mol. The Balaban J connectivity index is 2.48. The molecule has 0 N–H and O–H groups in total. The van der Waals surface area contributed by atoms with Gasteiger partial charge in [0.2, 0.25) is 5.82 Å². The molecule has 1 heterocycles. The zero-order chi connectivity index (χ0) is 14.9. The fourth-order valence-electron chi connectivity index (χ4n) is 2.98. The van der Waals surface area contributed by atoms with Gasteiger partial charge in [-0.05, 0) is 5.54 Å². The first-order valence-electron chi connectivity index (χ1n) is 6.84. The molecule has 0 amide bonds. The minimum absolute atomic E-state index is 0.409. The lowest BCUT2D eigenvalue weighted by molar-refractivity contribution is 0.368. The number of halogens is 5. The largest absolute Gasteiger partial charge is 0.203 e. The maximum atomic E-state index is 13.9. The molecule has 1 fully saturated rings. The van der Waals surface area contributed by atoms with Crippen LogP contribution in [0.3, 0.4) is 0 Å². The van der Waals surface area contributed by atoms with Crippen LogP contribution < -0.4 is 0 Å². The van der Waals surface area contributed by atoms with Gasteiger partial charge in [-0.3, -0.25) is 0 Å². The van der Waals surface area contributed by atoms with Gasteiger partial charge in [-0.15, -0.1) is 0 Å². The van der Waals surface area contributed by atoms with E-state index in [9.17, 15) is 22.0 Å². The van der Waals surface area contributed by atoms with E-state index in [2.05, 4.69) is 0 Å². The molecule has 1 aliphatic heterocycles. The maximum Gasteiger partial charge on any atom is 0.200 e. The zero-order valence-electron chi connectivity index (χ0n) is 11.2. The highest BCUT2D eigenvalue weighted by atomic mass is 28.3. The second kappa shape index (κ2) is 6.24. The summed E-state index contributed by atoms with van der Waals surface area (Å²) >= 11 is 0. The Morgan fingerprint density at radius 1 is 0.800 bits per heavy atom. The Morgan fingerprint density at radius 2 is 1.25 bits per heavy atom. The van der Waals surface area contributed by atoms with E-state index < -0.39 is 49.0 Å². The van der Waals surface area contributed by atoms with Crippen LogP contribution in [-0.4, -0.2) is 8.80 Å². The second-order valence-corrected chi connectivity index (χ2v) is 8.18. The van der Waals surface area contributed by atoms with Gasteiger partial charge < -0.3 is 0 Å². The lowest BCUT2D eigenvalue weighted by Gasteiger charge is -2.29. The van der Waals surface area contributed by atoms with Gasteiger partial charge in [0, 0.05) is 5.56 Å². The number of benzene rings is 1. The van der Waals surface area contributed by atoms with Crippen molar-refractivity contribution >= 4 is 8.80 Å². The zero-order valence-corrected chi connectivity index (χ0v) is 12.2. The molecule has 0 saturated carbocycles. The fourth-order valence-corrected chi connectivity index (χ4v) is 6.57. The Morgan fingerprint density at radius 3 is 1.70 bits per heavy atom. The van der Waals surface area contributed by atoms with Crippen molar-refractivity contribution in [2.45, 2.75) is 50.2 Å². The minimum Gasteiger partial charge on any atom is -0.203 e. The minimum atomic E-state index is -2.07. The quantitative estimate of drug-likeness (QED) is 0.316. The highest BCUT2D eigenvalue weighted by Gasteiger charge is 2.34. The first kappa shape index (κ1) is 15.5. The molecule has 1 radical (unpaired) electrons. The van der Waals surface area contributed by atoms with E-state index in [1.165, 1.54) is 0 Å². The van der Waals surface area contributed by atoms with Crippen LogP contribution in [0.4, 0.5) is 22.0 Å². The fraction of sp³-hybridized carbons (Fsp3) is 0.571. The highest BCUT2D eigenvalue weighted by molar-refractivity contribution is 6.60. The normalized spacial score (nSPS) is 18.3. The van der Waals surface area contributed by atoms with Gasteiger partial charge in [0.25, 0.3) is 0 Å². The van der Waals surface area contributed by atoms with E-state index >= 15 is 0 Å². The third-order valence-corrected chi connectivity index (χ3v) is 7.66. The molecule has 0 bridgehead atoms. The van der Waals surface area contributed by atoms with Gasteiger partial charge in [-0.25, -0.2) is 22.0 Å². The standard InChI is InChI=1S/C14H16F5Si/c1-2-8(20-6-4-3-5-7-20)9-10(15)12(17)14(19)13(18)11(9)16/h8H,2-7H2,1H3. The Labute approximate surface area is 116 Å². The average molecular weight is 307 g/mol. The summed E-state index contributed by atoms with van der Waals surface area (Å²) < 4.78 is 67.5. The topological polar surface area (TPSA) is 0 Å². The van der Waals surface area contributed by atoms with Gasteiger partial charge in [0.1, 0.15) is 0 Å². The molecular formula is C14H16F5Si. The van der Waals surface area contributed by atoms with E-state index in [-0.39, 0.29) is 0 Å². The monoisotopic (exact) mass is 307 g/mol. The molecule has 1 saturated heterocycles. The molecule has 1 aromatic carbocycles. The predicted octanol–water partition coefficient (Wildman–Crippen LogP) is 5.09. The SMILES string of the molecule is CCC(c1c(F)c(F)c(F)c(F)c1F)[Si]1CCCCC1. The molecule has 6 heteroatoms. The molecule has 0 nitrogen and oxygen atoms in total. The van der Waals surface area contributed by atoms with Crippen molar-refractivity contribution in [1.29, 1.82) is 0 Å². The van der Waals surface area contributed by atoms with Crippen molar-refractivity contribution in [3.8, 4) is 0 Å². The Bertz CT molecular complexity index is 468. The van der Waals surface area contributed by atoms with E-state index in [0.717, 1.165) is 31.4 Å². The lowest BCUT2D eigenvalue weighted by atomic mass is 10.1. The summed E-state index contributed by atoms with van der Waals surface area (Å²) in [5.41, 5.74) is -1.09. The van der Waals surface area contributed by atoms with Gasteiger partial charge in [-0.1, -0.05) is 44.7 Å². The Kier molecular flexibility index (Phi) is 4.83. The van der Waals surface area contributed by atoms with E-state index in [4.69, 9.17) is 0 Å². The summed E-state index contributed by atoms with van der Waals surface area (Å²) in [7, 11) is -1.12. The molecule has 111 valence electrons. The van der Waals surface area contributed by atoms with E-state index in [1.807, 2.05) is 0 Å². The highest BCUT2D eigenvalue weighted by Crippen LogP contribution is 2.37. The van der Waals surface area contributed by atoms with Crippen LogP contribution >= 0.6 is 0 Å². The summed E-state index contributed by atoms with van der Waals surface area (Å²) in [4.78, 5) is 0. The second-order valence-electron chi connectivity index (χ2n) is 5.16. The predicted molar refractivity (Wildman–Crippen MR) is 68.5 cm³/mol. The van der Waals surface area contributed by atoms with Crippen molar-refractivity contribution in [2.75, 3.05) is 0 Å². The molecule has 1 unspecified atom stereocenters. The summed E-state index contributed by atoms with van der Waals surface area (Å²) in [5.74, 6) is -9.00. The van der Waals surface area contributed by atoms with E-state index in [1.54, 1.807) is 6.92 Å². The van der Waals surface area contributed by atoms with Gasteiger partial charge in [0.05, 0.1) is 8.80 Å². The van der Waals surface area contributed by atoms with Crippen LogP contribution in [0.1, 0.15) is 43.7 Å². The summed E-state index contributed by atoms with van der Waals surface area (Å²) in [6.45, 7) is 1.75. The van der Waals surface area contributed by atoms with Gasteiger partial charge in [0.15, 0.2) is 23.3 Å². The van der Waals surface area contributed by atoms with Crippen molar-refractivity contribution in [3.63, 3.8) is 0 Å². The van der Waals surface area contributed by atoms with Crippen LogP contribution in [0.5, 0.6) is 0 Å². The average Bonchev–Trinajstić information content (AvgIpc) is 2.48. The van der Waals surface area contributed by atoms with Crippen molar-refractivity contribution in [2.24, 2.45) is 0 Å². The molecule has 0 aliphatic carbocycles. The third kappa shape index (κ3) is 2.62. The van der Waals surface area contributed by atoms with Gasteiger partial charge >= 0.3 is 0 Å². The van der Waals surface area contributed by atoms with Crippen LogP contribution in [0, 0.1) is 29.1 Å². The summed E-state index contributed by atoms with van der Waals surface area (Å²) in [5, 5.41) is 0. The lowest BCUT2D eigenvalue weighted by Crippen LogP contribution is -2.28. The van der Waals surface area contributed by atoms with E-state index in [0.29, 0.717) is 6.42 Å². The molecule has 1 aliphatic rings. The Hall–Kier alpha value is -0.913. The smallest absolute Gasteiger partial charge is 0.200 e. The summed E-state index contributed by atoms with van der Waals surface area (Å²) in [6, 6.07) is 1.76. The van der Waals surface area contributed by atoms with Crippen molar-refractivity contribution < 1.29 is 22.0 Å². The molecule has 2 rings (SSSR count). The molecule has 20 heavy (non-hydrogen) atoms. The number of rotatable bonds is 3. The summed E-state index contributed by atoms with van der Waals surface area (Å²) in [6.07, 6.45) is 3.47. The van der Waals surface area contributed by atoms with Crippen molar-refractivity contribution in [1.82, 2.24) is 0 Å². The first-order valence-corrected chi connectivity index (χ1v) is 8.84. The third-order valence-electron chi connectivity index (χ3n) is 3.99. The van der Waals surface area contributed by atoms with Crippen LogP contribution in [0.2, 0.25) is 12.1 Å². The molecule has 1 aromatic rings. The maximum absolute atomic E-state index is 13.9. The first-order chi connectivity index (χ1) is 9.49. The van der Waals surface area contributed by atoms with Crippen LogP contribution in [0.25, 0.3) is 0 Å². The molecule has 1 atom stereocenters. The molecule has 0 aromatic heterocycles. The van der Waals surface area contributed by atoms with Gasteiger partial charge in [-0.2, -0.15) is 0 Å². The number of hydrogen-bond donors (Lipinski definition) is 0. The van der Waals surface area contributed by atoms with Crippen molar-refractivity contribution in [3.05, 3.63) is 34.6 Å². The number of hydrogen-bond acceptors (Lipinski definition) is 0. The van der Waals surface area contributed by atoms with Crippen LogP contribution in [-0.2, 0) is 0 Å².